The molecule has 0 saturated heterocycles. The van der Waals surface area contributed by atoms with Crippen LogP contribution in [0, 0.1) is 5.41 Å². The van der Waals surface area contributed by atoms with Gasteiger partial charge in [0.1, 0.15) is 12.4 Å². The second-order valence-corrected chi connectivity index (χ2v) is 10.7. The summed E-state index contributed by atoms with van der Waals surface area (Å²) in [6.07, 6.45) is 10.2. The Labute approximate surface area is 204 Å². The van der Waals surface area contributed by atoms with Crippen LogP contribution in [-0.4, -0.2) is 21.1 Å². The van der Waals surface area contributed by atoms with Crippen LogP contribution in [0.1, 0.15) is 90.7 Å². The Morgan fingerprint density at radius 3 is 2.06 bits per heavy atom. The summed E-state index contributed by atoms with van der Waals surface area (Å²) < 4.78 is 47.2. The van der Waals surface area contributed by atoms with E-state index in [4.69, 9.17) is 4.74 Å². The van der Waals surface area contributed by atoms with Crippen LogP contribution in [-0.2, 0) is 17.6 Å². The number of hydrogen-bond acceptors (Lipinski definition) is 3. The van der Waals surface area contributed by atoms with E-state index in [1.807, 2.05) is 0 Å². The van der Waals surface area contributed by atoms with Gasteiger partial charge in [-0.25, -0.2) is 4.98 Å². The first-order chi connectivity index (χ1) is 15.6. The molecule has 2 rings (SSSR count). The molecule has 0 atom stereocenters. The first kappa shape index (κ1) is 27.8. The SMILES string of the molecule is CC(C)(C)CCCCCCCCCCCOCn1cc(C(F)(F)F)nc1-c1ccc(Br)cn1. The molecule has 0 aromatic carbocycles. The maximum absolute atomic E-state index is 13.1. The second-order valence-electron chi connectivity index (χ2n) is 9.81. The molecule has 0 N–H and O–H groups in total. The zero-order valence-corrected chi connectivity index (χ0v) is 21.6. The van der Waals surface area contributed by atoms with Crippen molar-refractivity contribution < 1.29 is 17.9 Å². The van der Waals surface area contributed by atoms with E-state index in [-0.39, 0.29) is 12.6 Å². The molecular weight excluding hydrogens is 495 g/mol. The van der Waals surface area contributed by atoms with Gasteiger partial charge in [0.05, 0.1) is 0 Å². The van der Waals surface area contributed by atoms with Crippen LogP contribution in [0.3, 0.4) is 0 Å². The number of ether oxygens (including phenoxy) is 1. The highest BCUT2D eigenvalue weighted by Gasteiger charge is 2.35. The Kier molecular flexibility index (Phi) is 11.4. The molecule has 2 aromatic rings. The minimum atomic E-state index is -4.51. The normalized spacial score (nSPS) is 12.5. The van der Waals surface area contributed by atoms with Crippen molar-refractivity contribution in [1.29, 1.82) is 0 Å². The fourth-order valence-electron chi connectivity index (χ4n) is 3.62. The Morgan fingerprint density at radius 2 is 1.52 bits per heavy atom. The number of hydrogen-bond donors (Lipinski definition) is 0. The Balaban J connectivity index is 1.64. The quantitative estimate of drug-likeness (QED) is 0.229. The average molecular weight is 532 g/mol. The lowest BCUT2D eigenvalue weighted by molar-refractivity contribution is -0.141. The standard InChI is InChI=1S/C25H37BrF3N3O/c1-24(2,3)15-11-9-7-5-4-6-8-10-12-16-33-19-32-18-22(25(27,28)29)31-23(32)21-14-13-20(26)17-30-21/h13-14,17-18H,4-12,15-16,19H2,1-3H3. The summed E-state index contributed by atoms with van der Waals surface area (Å²) in [7, 11) is 0. The summed E-state index contributed by atoms with van der Waals surface area (Å²) in [5, 5.41) is 0. The van der Waals surface area contributed by atoms with Crippen LogP contribution >= 0.6 is 15.9 Å². The van der Waals surface area contributed by atoms with Gasteiger partial charge in [-0.05, 0) is 46.3 Å². The molecule has 8 heteroatoms. The van der Waals surface area contributed by atoms with Crippen LogP contribution in [0.15, 0.2) is 29.0 Å². The zero-order chi connectivity index (χ0) is 24.3. The molecule has 0 aliphatic carbocycles. The molecular formula is C25H37BrF3N3O. The fourth-order valence-corrected chi connectivity index (χ4v) is 3.86. The number of pyridine rings is 1. The molecule has 33 heavy (non-hydrogen) atoms. The molecule has 2 heterocycles. The zero-order valence-electron chi connectivity index (χ0n) is 20.1. The lowest BCUT2D eigenvalue weighted by Gasteiger charge is -2.17. The topological polar surface area (TPSA) is 39.9 Å². The van der Waals surface area contributed by atoms with E-state index in [2.05, 4.69) is 46.7 Å². The molecule has 4 nitrogen and oxygen atoms in total. The van der Waals surface area contributed by atoms with Gasteiger partial charge in [-0.1, -0.05) is 72.1 Å². The monoisotopic (exact) mass is 531 g/mol. The number of imidazole rings is 1. The highest BCUT2D eigenvalue weighted by molar-refractivity contribution is 9.10. The summed E-state index contributed by atoms with van der Waals surface area (Å²) in [5.74, 6) is 0.150. The van der Waals surface area contributed by atoms with E-state index < -0.39 is 11.9 Å². The predicted molar refractivity (Wildman–Crippen MR) is 130 cm³/mol. The van der Waals surface area contributed by atoms with Crippen molar-refractivity contribution in [2.45, 2.75) is 97.9 Å². The molecule has 2 aromatic heterocycles. The molecule has 0 radical (unpaired) electrons. The van der Waals surface area contributed by atoms with E-state index in [1.54, 1.807) is 12.1 Å². The summed E-state index contributed by atoms with van der Waals surface area (Å²) in [6, 6.07) is 3.36. The number of rotatable bonds is 14. The van der Waals surface area contributed by atoms with Crippen molar-refractivity contribution >= 4 is 15.9 Å². The van der Waals surface area contributed by atoms with Crippen molar-refractivity contribution in [2.75, 3.05) is 6.61 Å². The maximum Gasteiger partial charge on any atom is 0.434 e. The number of alkyl halides is 3. The first-order valence-electron chi connectivity index (χ1n) is 11.9. The number of halogens is 4. The van der Waals surface area contributed by atoms with Crippen LogP contribution in [0.4, 0.5) is 13.2 Å². The van der Waals surface area contributed by atoms with Gasteiger partial charge in [0.25, 0.3) is 0 Å². The number of nitrogens with zero attached hydrogens (tertiary/aromatic N) is 3. The molecule has 186 valence electrons. The number of aromatic nitrogens is 3. The molecule has 0 spiro atoms. The smallest absolute Gasteiger partial charge is 0.361 e. The van der Waals surface area contributed by atoms with Crippen molar-refractivity contribution in [1.82, 2.24) is 14.5 Å². The molecule has 0 fully saturated rings. The Bertz CT molecular complexity index is 814. The highest BCUT2D eigenvalue weighted by atomic mass is 79.9. The summed E-state index contributed by atoms with van der Waals surface area (Å²) in [6.45, 7) is 7.42. The first-order valence-corrected chi connectivity index (χ1v) is 12.7. The van der Waals surface area contributed by atoms with Crippen LogP contribution < -0.4 is 0 Å². The number of unbranched alkanes of at least 4 members (excludes halogenated alkanes) is 8. The molecule has 0 aliphatic rings. The van der Waals surface area contributed by atoms with Crippen molar-refractivity contribution in [3.05, 3.63) is 34.7 Å². The van der Waals surface area contributed by atoms with Gasteiger partial charge in [-0.2, -0.15) is 13.2 Å². The summed E-state index contributed by atoms with van der Waals surface area (Å²) in [5.41, 5.74) is -0.127. The van der Waals surface area contributed by atoms with Gasteiger partial charge in [-0.15, -0.1) is 0 Å². The average Bonchev–Trinajstić information content (AvgIpc) is 3.16. The Morgan fingerprint density at radius 1 is 0.909 bits per heavy atom. The summed E-state index contributed by atoms with van der Waals surface area (Å²) >= 11 is 3.28. The Hall–Kier alpha value is -1.41. The summed E-state index contributed by atoms with van der Waals surface area (Å²) in [4.78, 5) is 7.92. The van der Waals surface area contributed by atoms with Crippen LogP contribution in [0.2, 0.25) is 0 Å². The van der Waals surface area contributed by atoms with Gasteiger partial charge in [0.2, 0.25) is 0 Å². The fraction of sp³-hybridized carbons (Fsp3) is 0.680. The van der Waals surface area contributed by atoms with Gasteiger partial charge in [-0.3, -0.25) is 4.98 Å². The third-order valence-electron chi connectivity index (χ3n) is 5.47. The largest absolute Gasteiger partial charge is 0.434 e. The van der Waals surface area contributed by atoms with Crippen molar-refractivity contribution in [3.63, 3.8) is 0 Å². The van der Waals surface area contributed by atoms with Gasteiger partial charge >= 0.3 is 6.18 Å². The molecule has 0 bridgehead atoms. The minimum absolute atomic E-state index is 0.0186. The van der Waals surface area contributed by atoms with Crippen LogP contribution in [0.5, 0.6) is 0 Å². The van der Waals surface area contributed by atoms with Crippen LogP contribution in [0.25, 0.3) is 11.5 Å². The van der Waals surface area contributed by atoms with Gasteiger partial charge < -0.3 is 9.30 Å². The van der Waals surface area contributed by atoms with E-state index in [0.717, 1.165) is 23.5 Å². The molecule has 0 saturated carbocycles. The maximum atomic E-state index is 13.1. The van der Waals surface area contributed by atoms with E-state index in [0.29, 0.717) is 17.7 Å². The third-order valence-corrected chi connectivity index (χ3v) is 5.94. The van der Waals surface area contributed by atoms with Crippen molar-refractivity contribution in [2.24, 2.45) is 5.41 Å². The van der Waals surface area contributed by atoms with Gasteiger partial charge in [0, 0.05) is 23.5 Å². The third kappa shape index (κ3) is 11.0. The molecule has 0 unspecified atom stereocenters. The van der Waals surface area contributed by atoms with E-state index in [1.165, 1.54) is 62.1 Å². The lowest BCUT2D eigenvalue weighted by atomic mass is 9.89. The van der Waals surface area contributed by atoms with E-state index >= 15 is 0 Å². The minimum Gasteiger partial charge on any atom is -0.361 e. The van der Waals surface area contributed by atoms with E-state index in [9.17, 15) is 13.2 Å². The predicted octanol–water partition coefficient (Wildman–Crippen LogP) is 8.65. The van der Waals surface area contributed by atoms with Gasteiger partial charge in [0.15, 0.2) is 11.5 Å². The molecule has 0 amide bonds. The lowest BCUT2D eigenvalue weighted by Crippen LogP contribution is -2.06. The molecule has 0 aliphatic heterocycles. The second kappa shape index (κ2) is 13.5. The van der Waals surface area contributed by atoms with Crippen molar-refractivity contribution in [3.8, 4) is 11.5 Å². The highest BCUT2D eigenvalue weighted by Crippen LogP contribution is 2.31.